The molecule has 8 heteroatoms. The van der Waals surface area contributed by atoms with Crippen LogP contribution in [0.3, 0.4) is 0 Å². The molecule has 0 atom stereocenters. The molecule has 1 N–H and O–H groups in total. The van der Waals surface area contributed by atoms with E-state index in [1.54, 1.807) is 19.1 Å². The lowest BCUT2D eigenvalue weighted by Gasteiger charge is -2.09. The highest BCUT2D eigenvalue weighted by Crippen LogP contribution is 2.23. The van der Waals surface area contributed by atoms with Crippen LogP contribution < -0.4 is 4.72 Å². The highest BCUT2D eigenvalue weighted by Gasteiger charge is 2.16. The highest BCUT2D eigenvalue weighted by molar-refractivity contribution is 7.92. The van der Waals surface area contributed by atoms with Gasteiger partial charge in [-0.1, -0.05) is 17.7 Å². The van der Waals surface area contributed by atoms with E-state index in [0.717, 1.165) is 17.7 Å². The summed E-state index contributed by atoms with van der Waals surface area (Å²) in [6, 6.07) is 9.40. The first-order chi connectivity index (χ1) is 9.79. The molecule has 2 rings (SSSR count). The zero-order valence-corrected chi connectivity index (χ0v) is 12.5. The molecule has 6 nitrogen and oxygen atoms in total. The van der Waals surface area contributed by atoms with Crippen LogP contribution in [-0.2, 0) is 10.0 Å². The van der Waals surface area contributed by atoms with Gasteiger partial charge in [0, 0.05) is 17.2 Å². The lowest BCUT2D eigenvalue weighted by atomic mass is 10.2. The molecule has 21 heavy (non-hydrogen) atoms. The Morgan fingerprint density at radius 3 is 2.29 bits per heavy atom. The average molecular weight is 327 g/mol. The number of non-ortho nitro benzene ring substituents is 1. The number of nitrogens with one attached hydrogen (secondary N) is 1. The number of rotatable bonds is 4. The first-order valence-electron chi connectivity index (χ1n) is 5.83. The largest absolute Gasteiger partial charge is 0.280 e. The van der Waals surface area contributed by atoms with Crippen LogP contribution in [0, 0.1) is 17.0 Å². The summed E-state index contributed by atoms with van der Waals surface area (Å²) in [5.74, 6) is 0. The van der Waals surface area contributed by atoms with Crippen molar-refractivity contribution in [2.24, 2.45) is 0 Å². The smallest absolute Gasteiger partial charge is 0.269 e. The third kappa shape index (κ3) is 3.50. The molecule has 2 aromatic rings. The number of nitro benzene ring substituents is 1. The maximum Gasteiger partial charge on any atom is 0.269 e. The van der Waals surface area contributed by atoms with Crippen LogP contribution in [-0.4, -0.2) is 13.3 Å². The lowest BCUT2D eigenvalue weighted by molar-refractivity contribution is -0.384. The minimum atomic E-state index is -3.82. The zero-order valence-electron chi connectivity index (χ0n) is 10.9. The lowest BCUT2D eigenvalue weighted by Crippen LogP contribution is -2.12. The van der Waals surface area contributed by atoms with E-state index >= 15 is 0 Å². The Labute approximate surface area is 126 Å². The fourth-order valence-electron chi connectivity index (χ4n) is 1.62. The van der Waals surface area contributed by atoms with Crippen LogP contribution in [0.5, 0.6) is 0 Å². The van der Waals surface area contributed by atoms with Gasteiger partial charge < -0.3 is 0 Å². The molecule has 0 aromatic heterocycles. The standard InChI is InChI=1S/C13H11ClN2O4S/c1-9-2-3-10(8-13(9)14)15-21(19,20)12-6-4-11(5-7-12)16(17)18/h2-8,15H,1H3. The van der Waals surface area contributed by atoms with E-state index < -0.39 is 14.9 Å². The quantitative estimate of drug-likeness (QED) is 0.689. The van der Waals surface area contributed by atoms with Crippen molar-refractivity contribution in [1.82, 2.24) is 0 Å². The van der Waals surface area contributed by atoms with Gasteiger partial charge in [0.05, 0.1) is 15.5 Å². The maximum absolute atomic E-state index is 12.2. The van der Waals surface area contributed by atoms with Crippen molar-refractivity contribution >= 4 is 33.0 Å². The minimum absolute atomic E-state index is 0.0650. The van der Waals surface area contributed by atoms with Gasteiger partial charge in [-0.15, -0.1) is 0 Å². The molecule has 110 valence electrons. The third-order valence-electron chi connectivity index (χ3n) is 2.78. The fraction of sp³-hybridized carbons (Fsp3) is 0.0769. The van der Waals surface area contributed by atoms with Crippen molar-refractivity contribution in [3.8, 4) is 0 Å². The van der Waals surface area contributed by atoms with Crippen LogP contribution in [0.1, 0.15) is 5.56 Å². The fourth-order valence-corrected chi connectivity index (χ4v) is 2.85. The van der Waals surface area contributed by atoms with Gasteiger partial charge in [0.2, 0.25) is 0 Å². The predicted octanol–water partition coefficient (Wildman–Crippen LogP) is 3.36. The maximum atomic E-state index is 12.2. The Balaban J connectivity index is 2.29. The SMILES string of the molecule is Cc1ccc(NS(=O)(=O)c2ccc([N+](=O)[O-])cc2)cc1Cl. The van der Waals surface area contributed by atoms with Crippen LogP contribution in [0.25, 0.3) is 0 Å². The van der Waals surface area contributed by atoms with Gasteiger partial charge in [0.25, 0.3) is 15.7 Å². The number of nitrogens with zero attached hydrogens (tertiary/aromatic N) is 1. The van der Waals surface area contributed by atoms with E-state index in [1.807, 2.05) is 0 Å². The highest BCUT2D eigenvalue weighted by atomic mass is 35.5. The van der Waals surface area contributed by atoms with Crippen molar-refractivity contribution in [1.29, 1.82) is 0 Å². The van der Waals surface area contributed by atoms with Gasteiger partial charge in [0.1, 0.15) is 0 Å². The molecule has 0 fully saturated rings. The molecule has 0 bridgehead atoms. The second-order valence-electron chi connectivity index (χ2n) is 4.32. The van der Waals surface area contributed by atoms with Crippen molar-refractivity contribution in [2.75, 3.05) is 4.72 Å². The summed E-state index contributed by atoms with van der Waals surface area (Å²) in [5, 5.41) is 11.0. The van der Waals surface area contributed by atoms with Gasteiger partial charge in [0.15, 0.2) is 0 Å². The Hall–Kier alpha value is -2.12. The average Bonchev–Trinajstić information content (AvgIpc) is 2.43. The molecule has 2 aromatic carbocycles. The molecule has 0 aliphatic rings. The molecule has 0 heterocycles. The molecular formula is C13H11ClN2O4S. The molecule has 0 spiro atoms. The molecule has 0 unspecified atom stereocenters. The molecule has 0 saturated heterocycles. The van der Waals surface area contributed by atoms with Crippen molar-refractivity contribution in [3.63, 3.8) is 0 Å². The van der Waals surface area contributed by atoms with E-state index in [2.05, 4.69) is 4.72 Å². The minimum Gasteiger partial charge on any atom is -0.280 e. The molecular weight excluding hydrogens is 316 g/mol. The number of benzene rings is 2. The van der Waals surface area contributed by atoms with Crippen molar-refractivity contribution in [2.45, 2.75) is 11.8 Å². The third-order valence-corrected chi connectivity index (χ3v) is 4.59. The summed E-state index contributed by atoms with van der Waals surface area (Å²) in [6.07, 6.45) is 0. The Bertz CT molecular complexity index is 788. The van der Waals surface area contributed by atoms with Crippen LogP contribution >= 0.6 is 11.6 Å². The van der Waals surface area contributed by atoms with E-state index in [4.69, 9.17) is 11.6 Å². The number of aryl methyl sites for hydroxylation is 1. The van der Waals surface area contributed by atoms with Gasteiger partial charge in [-0.3, -0.25) is 14.8 Å². The molecule has 0 radical (unpaired) electrons. The monoisotopic (exact) mass is 326 g/mol. The second-order valence-corrected chi connectivity index (χ2v) is 6.41. The summed E-state index contributed by atoms with van der Waals surface area (Å²) in [5.41, 5.74) is 0.978. The number of nitro groups is 1. The summed E-state index contributed by atoms with van der Waals surface area (Å²) < 4.78 is 26.7. The first-order valence-corrected chi connectivity index (χ1v) is 7.69. The van der Waals surface area contributed by atoms with Crippen molar-refractivity contribution < 1.29 is 13.3 Å². The number of anilines is 1. The first kappa shape index (κ1) is 15.3. The molecule has 0 aliphatic heterocycles. The van der Waals surface area contributed by atoms with E-state index in [1.165, 1.54) is 18.2 Å². The summed E-state index contributed by atoms with van der Waals surface area (Å²) in [7, 11) is -3.82. The van der Waals surface area contributed by atoms with Crippen LogP contribution in [0.4, 0.5) is 11.4 Å². The van der Waals surface area contributed by atoms with E-state index in [-0.39, 0.29) is 10.6 Å². The summed E-state index contributed by atoms with van der Waals surface area (Å²) in [6.45, 7) is 1.80. The van der Waals surface area contributed by atoms with Gasteiger partial charge >= 0.3 is 0 Å². The summed E-state index contributed by atoms with van der Waals surface area (Å²) in [4.78, 5) is 9.89. The van der Waals surface area contributed by atoms with Gasteiger partial charge in [-0.25, -0.2) is 8.42 Å². The second kappa shape index (κ2) is 5.71. The molecule has 0 amide bonds. The zero-order chi connectivity index (χ0) is 15.6. The number of hydrogen-bond acceptors (Lipinski definition) is 4. The number of hydrogen-bond donors (Lipinski definition) is 1. The Morgan fingerprint density at radius 1 is 1.14 bits per heavy atom. The van der Waals surface area contributed by atoms with Crippen molar-refractivity contribution in [3.05, 3.63) is 63.2 Å². The number of sulfonamides is 1. The predicted molar refractivity (Wildman–Crippen MR) is 80.1 cm³/mol. The summed E-state index contributed by atoms with van der Waals surface area (Å²) >= 11 is 5.93. The van der Waals surface area contributed by atoms with Crippen LogP contribution in [0.2, 0.25) is 5.02 Å². The number of halogens is 1. The van der Waals surface area contributed by atoms with Crippen LogP contribution in [0.15, 0.2) is 47.4 Å². The van der Waals surface area contributed by atoms with E-state index in [9.17, 15) is 18.5 Å². The van der Waals surface area contributed by atoms with Gasteiger partial charge in [-0.05, 0) is 36.8 Å². The molecule has 0 saturated carbocycles. The Kier molecular flexibility index (Phi) is 4.15. The van der Waals surface area contributed by atoms with Gasteiger partial charge in [-0.2, -0.15) is 0 Å². The Morgan fingerprint density at radius 2 is 1.76 bits per heavy atom. The van der Waals surface area contributed by atoms with E-state index in [0.29, 0.717) is 10.7 Å². The topological polar surface area (TPSA) is 89.3 Å². The normalized spacial score (nSPS) is 11.1. The molecule has 0 aliphatic carbocycles.